The first-order chi connectivity index (χ1) is 6.68. The van der Waals surface area contributed by atoms with Crippen LogP contribution in [0.3, 0.4) is 0 Å². The predicted molar refractivity (Wildman–Crippen MR) is 58.1 cm³/mol. The maximum absolute atomic E-state index is 6.07. The molecule has 0 radical (unpaired) electrons. The van der Waals surface area contributed by atoms with Crippen molar-refractivity contribution in [2.24, 2.45) is 7.05 Å². The molecule has 0 unspecified atom stereocenters. The van der Waals surface area contributed by atoms with Gasteiger partial charge in [0.25, 0.3) is 0 Å². The Morgan fingerprint density at radius 1 is 1.36 bits per heavy atom. The maximum Gasteiger partial charge on any atom is 0.0693 e. The zero-order valence-electron chi connectivity index (χ0n) is 7.74. The third-order valence-electron chi connectivity index (χ3n) is 2.09. The summed E-state index contributed by atoms with van der Waals surface area (Å²) in [5.74, 6) is 0. The summed E-state index contributed by atoms with van der Waals surface area (Å²) >= 11 is 6.07. The first-order valence-corrected chi connectivity index (χ1v) is 4.59. The number of rotatable bonds is 1. The number of aryl methyl sites for hydroxylation is 1. The molecule has 0 atom stereocenters. The van der Waals surface area contributed by atoms with Crippen molar-refractivity contribution >= 4 is 17.3 Å². The second-order valence-electron chi connectivity index (χ2n) is 3.08. The Kier molecular flexibility index (Phi) is 2.17. The maximum atomic E-state index is 6.07. The Hall–Kier alpha value is -1.48. The van der Waals surface area contributed by atoms with Gasteiger partial charge in [-0.15, -0.1) is 0 Å². The van der Waals surface area contributed by atoms with Crippen molar-refractivity contribution in [3.63, 3.8) is 0 Å². The van der Waals surface area contributed by atoms with Gasteiger partial charge >= 0.3 is 0 Å². The van der Waals surface area contributed by atoms with Crippen LogP contribution in [0.5, 0.6) is 0 Å². The van der Waals surface area contributed by atoms with Crippen LogP contribution in [0.2, 0.25) is 5.02 Å². The molecule has 0 saturated carbocycles. The number of nitrogens with two attached hydrogens (primary N) is 1. The molecular weight excluding hydrogens is 198 g/mol. The highest BCUT2D eigenvalue weighted by Gasteiger charge is 2.06. The molecule has 2 aromatic rings. The summed E-state index contributed by atoms with van der Waals surface area (Å²) in [6.45, 7) is 0. The van der Waals surface area contributed by atoms with Gasteiger partial charge in [-0.1, -0.05) is 11.6 Å². The molecular formula is C10H10ClN3. The molecule has 0 saturated heterocycles. The van der Waals surface area contributed by atoms with E-state index < -0.39 is 0 Å². The zero-order valence-corrected chi connectivity index (χ0v) is 8.49. The first-order valence-electron chi connectivity index (χ1n) is 4.22. The van der Waals surface area contributed by atoms with E-state index in [-0.39, 0.29) is 0 Å². The number of nitrogens with zero attached hydrogens (tertiary/aromatic N) is 2. The van der Waals surface area contributed by atoms with E-state index in [1.165, 1.54) is 0 Å². The summed E-state index contributed by atoms with van der Waals surface area (Å²) in [6.07, 6.45) is 1.74. The van der Waals surface area contributed by atoms with Crippen LogP contribution in [0, 0.1) is 0 Å². The van der Waals surface area contributed by atoms with Gasteiger partial charge in [0.2, 0.25) is 0 Å². The van der Waals surface area contributed by atoms with E-state index in [0.717, 1.165) is 11.3 Å². The van der Waals surface area contributed by atoms with E-state index >= 15 is 0 Å². The number of halogens is 1. The lowest BCUT2D eigenvalue weighted by atomic mass is 10.1. The van der Waals surface area contributed by atoms with Gasteiger partial charge in [-0.3, -0.25) is 4.68 Å². The fraction of sp³-hybridized carbons (Fsp3) is 0.100. The van der Waals surface area contributed by atoms with Crippen molar-refractivity contribution in [3.05, 3.63) is 35.5 Å². The molecule has 0 aliphatic carbocycles. The lowest BCUT2D eigenvalue weighted by molar-refractivity contribution is 0.776. The average Bonchev–Trinajstić information content (AvgIpc) is 2.52. The van der Waals surface area contributed by atoms with Gasteiger partial charge in [0.1, 0.15) is 0 Å². The van der Waals surface area contributed by atoms with Crippen molar-refractivity contribution in [2.75, 3.05) is 5.73 Å². The van der Waals surface area contributed by atoms with Gasteiger partial charge < -0.3 is 5.73 Å². The molecule has 0 fully saturated rings. The molecule has 3 nitrogen and oxygen atoms in total. The monoisotopic (exact) mass is 207 g/mol. The van der Waals surface area contributed by atoms with E-state index in [1.54, 1.807) is 16.9 Å². The molecule has 0 aliphatic rings. The largest absolute Gasteiger partial charge is 0.399 e. The Bertz CT molecular complexity index is 462. The first kappa shape index (κ1) is 9.09. The Balaban J connectivity index is 2.58. The van der Waals surface area contributed by atoms with Gasteiger partial charge in [0, 0.05) is 24.5 Å². The van der Waals surface area contributed by atoms with Crippen LogP contribution in [0.1, 0.15) is 0 Å². The summed E-state index contributed by atoms with van der Waals surface area (Å²) < 4.78 is 1.78. The second-order valence-corrected chi connectivity index (χ2v) is 3.49. The molecule has 4 heteroatoms. The van der Waals surface area contributed by atoms with E-state index in [4.69, 9.17) is 17.3 Å². The van der Waals surface area contributed by atoms with Crippen molar-refractivity contribution in [2.45, 2.75) is 0 Å². The Labute approximate surface area is 87.1 Å². The van der Waals surface area contributed by atoms with Gasteiger partial charge in [-0.05, 0) is 24.3 Å². The lowest BCUT2D eigenvalue weighted by Crippen LogP contribution is -1.94. The van der Waals surface area contributed by atoms with Crippen LogP contribution in [0.4, 0.5) is 5.69 Å². The molecule has 0 amide bonds. The highest BCUT2D eigenvalue weighted by atomic mass is 35.5. The topological polar surface area (TPSA) is 43.8 Å². The minimum atomic E-state index is 0.647. The van der Waals surface area contributed by atoms with E-state index in [1.807, 2.05) is 25.2 Å². The number of hydrogen-bond acceptors (Lipinski definition) is 2. The Morgan fingerprint density at radius 2 is 2.14 bits per heavy atom. The summed E-state index contributed by atoms with van der Waals surface area (Å²) in [7, 11) is 1.88. The highest BCUT2D eigenvalue weighted by Crippen LogP contribution is 2.28. The molecule has 1 heterocycles. The highest BCUT2D eigenvalue weighted by molar-refractivity contribution is 6.33. The summed E-state index contributed by atoms with van der Waals surface area (Å²) in [5.41, 5.74) is 8.21. The predicted octanol–water partition coefficient (Wildman–Crippen LogP) is 2.32. The molecule has 0 spiro atoms. The molecule has 2 N–H and O–H groups in total. The molecule has 1 aromatic heterocycles. The van der Waals surface area contributed by atoms with Crippen LogP contribution in [0.15, 0.2) is 30.5 Å². The molecule has 0 aliphatic heterocycles. The normalized spacial score (nSPS) is 10.4. The minimum Gasteiger partial charge on any atom is -0.399 e. The molecule has 2 rings (SSSR count). The van der Waals surface area contributed by atoms with E-state index in [0.29, 0.717) is 10.7 Å². The van der Waals surface area contributed by atoms with Crippen molar-refractivity contribution < 1.29 is 0 Å². The third kappa shape index (κ3) is 1.46. The SMILES string of the molecule is Cn1nccc1-c1ccc(N)cc1Cl. The zero-order chi connectivity index (χ0) is 10.1. The molecule has 72 valence electrons. The van der Waals surface area contributed by atoms with Crippen LogP contribution < -0.4 is 5.73 Å². The van der Waals surface area contributed by atoms with E-state index in [9.17, 15) is 0 Å². The third-order valence-corrected chi connectivity index (χ3v) is 2.40. The van der Waals surface area contributed by atoms with Crippen molar-refractivity contribution in [1.29, 1.82) is 0 Å². The van der Waals surface area contributed by atoms with Crippen LogP contribution in [-0.2, 0) is 7.05 Å². The molecule has 1 aromatic carbocycles. The van der Waals surface area contributed by atoms with E-state index in [2.05, 4.69) is 5.10 Å². The smallest absolute Gasteiger partial charge is 0.0693 e. The van der Waals surface area contributed by atoms with Crippen molar-refractivity contribution in [1.82, 2.24) is 9.78 Å². The standard InChI is InChI=1S/C10H10ClN3/c1-14-10(4-5-13-14)8-3-2-7(12)6-9(8)11/h2-6H,12H2,1H3. The van der Waals surface area contributed by atoms with Crippen LogP contribution in [-0.4, -0.2) is 9.78 Å². The van der Waals surface area contributed by atoms with Crippen LogP contribution in [0.25, 0.3) is 11.3 Å². The fourth-order valence-corrected chi connectivity index (χ4v) is 1.66. The van der Waals surface area contributed by atoms with Gasteiger partial charge in [-0.2, -0.15) is 5.10 Å². The number of anilines is 1. The second kappa shape index (κ2) is 3.35. The number of hydrogen-bond donors (Lipinski definition) is 1. The molecule has 0 bridgehead atoms. The quantitative estimate of drug-likeness (QED) is 0.730. The van der Waals surface area contributed by atoms with Crippen LogP contribution >= 0.6 is 11.6 Å². The summed E-state index contributed by atoms with van der Waals surface area (Å²) in [5, 5.41) is 4.73. The number of aromatic nitrogens is 2. The average molecular weight is 208 g/mol. The number of benzene rings is 1. The fourth-order valence-electron chi connectivity index (χ4n) is 1.38. The summed E-state index contributed by atoms with van der Waals surface area (Å²) in [6, 6.07) is 7.38. The van der Waals surface area contributed by atoms with Gasteiger partial charge in [-0.25, -0.2) is 0 Å². The number of nitrogen functional groups attached to an aromatic ring is 1. The van der Waals surface area contributed by atoms with Crippen molar-refractivity contribution in [3.8, 4) is 11.3 Å². The lowest BCUT2D eigenvalue weighted by Gasteiger charge is -2.05. The van der Waals surface area contributed by atoms with Gasteiger partial charge in [0.15, 0.2) is 0 Å². The minimum absolute atomic E-state index is 0.647. The van der Waals surface area contributed by atoms with Gasteiger partial charge in [0.05, 0.1) is 10.7 Å². The summed E-state index contributed by atoms with van der Waals surface area (Å²) in [4.78, 5) is 0. The Morgan fingerprint density at radius 3 is 2.71 bits per heavy atom. The molecule has 14 heavy (non-hydrogen) atoms.